The van der Waals surface area contributed by atoms with Crippen molar-refractivity contribution in [2.45, 2.75) is 6.04 Å². The van der Waals surface area contributed by atoms with E-state index in [1.54, 1.807) is 0 Å². The maximum Gasteiger partial charge on any atom is 0.209 e. The third kappa shape index (κ3) is 4.04. The lowest BCUT2D eigenvalue weighted by atomic mass is 9.95. The van der Waals surface area contributed by atoms with E-state index < -0.39 is 0 Å². The lowest BCUT2D eigenvalue weighted by Gasteiger charge is -2.28. The number of aromatic nitrogens is 2. The lowest BCUT2D eigenvalue weighted by Crippen LogP contribution is -2.36. The molecule has 1 unspecified atom stereocenters. The average Bonchev–Trinajstić information content (AvgIpc) is 3.87. The molecule has 1 atom stereocenters. The second kappa shape index (κ2) is 10.7. The summed E-state index contributed by atoms with van der Waals surface area (Å²) in [6.45, 7) is 0. The van der Waals surface area contributed by atoms with Crippen LogP contribution in [0.15, 0.2) is 179 Å². The van der Waals surface area contributed by atoms with Gasteiger partial charge in [0.2, 0.25) is 5.96 Å². The zero-order valence-corrected chi connectivity index (χ0v) is 28.5. The number of rotatable bonds is 2. The van der Waals surface area contributed by atoms with Gasteiger partial charge in [-0.2, -0.15) is 0 Å². The van der Waals surface area contributed by atoms with E-state index in [-0.39, 0.29) is 6.04 Å². The molecule has 4 heterocycles. The summed E-state index contributed by atoms with van der Waals surface area (Å²) in [5.74, 6) is 0.789. The van der Waals surface area contributed by atoms with Crippen molar-refractivity contribution in [2.24, 2.45) is 4.99 Å². The van der Waals surface area contributed by atoms with Gasteiger partial charge >= 0.3 is 0 Å². The Morgan fingerprint density at radius 1 is 0.472 bits per heavy atom. The van der Waals surface area contributed by atoms with Crippen molar-refractivity contribution in [3.05, 3.63) is 181 Å². The van der Waals surface area contributed by atoms with Crippen molar-refractivity contribution in [1.82, 2.24) is 14.5 Å². The molecule has 0 aliphatic carbocycles. The predicted molar refractivity (Wildman–Crippen MR) is 219 cm³/mol. The van der Waals surface area contributed by atoms with E-state index in [1.165, 1.54) is 32.4 Å². The lowest BCUT2D eigenvalue weighted by molar-refractivity contribution is 0.668. The molecule has 8 aromatic carbocycles. The van der Waals surface area contributed by atoms with Gasteiger partial charge in [0.25, 0.3) is 0 Å². The average molecular weight is 679 g/mol. The smallest absolute Gasteiger partial charge is 0.209 e. The molecule has 0 amide bonds. The summed E-state index contributed by atoms with van der Waals surface area (Å²) >= 11 is 0. The van der Waals surface area contributed by atoms with Crippen LogP contribution in [0.2, 0.25) is 0 Å². The first-order chi connectivity index (χ1) is 26.3. The molecule has 3 aromatic heterocycles. The van der Waals surface area contributed by atoms with Gasteiger partial charge < -0.3 is 14.3 Å². The van der Waals surface area contributed by atoms with Crippen LogP contribution in [0.1, 0.15) is 17.2 Å². The summed E-state index contributed by atoms with van der Waals surface area (Å²) in [5.41, 5.74) is 10.7. The van der Waals surface area contributed by atoms with Crippen LogP contribution in [0.5, 0.6) is 0 Å². The number of para-hydroxylation sites is 4. The van der Waals surface area contributed by atoms with Crippen molar-refractivity contribution >= 4 is 88.0 Å². The van der Waals surface area contributed by atoms with E-state index in [0.717, 1.165) is 72.3 Å². The maximum atomic E-state index is 6.65. The van der Waals surface area contributed by atoms with E-state index in [2.05, 4.69) is 184 Å². The van der Waals surface area contributed by atoms with Crippen LogP contribution in [0.4, 0.5) is 5.69 Å². The van der Waals surface area contributed by atoms with Gasteiger partial charge in [0.05, 0.1) is 33.8 Å². The molecule has 0 radical (unpaired) electrons. The minimum absolute atomic E-state index is 0.149. The number of fused-ring (bicyclic) bond motifs is 12. The molecule has 5 heteroatoms. The van der Waals surface area contributed by atoms with Crippen LogP contribution in [-0.2, 0) is 0 Å². The minimum atomic E-state index is -0.149. The second-order valence-corrected chi connectivity index (χ2v) is 14.0. The summed E-state index contributed by atoms with van der Waals surface area (Å²) in [6.07, 6.45) is 0. The first-order valence-corrected chi connectivity index (χ1v) is 18.1. The SMILES string of the molecule is c1ccc(-n2c3ccccc3c3cc4c5ccccc5n(C5=Nc6ccccc6C(c6ccc7c(c6)oc6c8ccccc8ccc76)N5)c4cc32)cc1. The van der Waals surface area contributed by atoms with Crippen molar-refractivity contribution in [3.8, 4) is 5.69 Å². The Balaban J connectivity index is 1.08. The van der Waals surface area contributed by atoms with Crippen molar-refractivity contribution in [3.63, 3.8) is 0 Å². The molecule has 11 aromatic rings. The topological polar surface area (TPSA) is 47.4 Å². The van der Waals surface area contributed by atoms with Gasteiger partial charge in [-0.1, -0.05) is 115 Å². The molecule has 0 bridgehead atoms. The monoisotopic (exact) mass is 678 g/mol. The molecule has 0 saturated carbocycles. The Hall–Kier alpha value is -7.11. The minimum Gasteiger partial charge on any atom is -0.455 e. The summed E-state index contributed by atoms with van der Waals surface area (Å²) in [7, 11) is 0. The van der Waals surface area contributed by atoms with E-state index >= 15 is 0 Å². The molecule has 5 nitrogen and oxygen atoms in total. The molecule has 12 rings (SSSR count). The van der Waals surface area contributed by atoms with Crippen LogP contribution in [0.3, 0.4) is 0 Å². The Labute approximate surface area is 303 Å². The van der Waals surface area contributed by atoms with Crippen LogP contribution in [-0.4, -0.2) is 15.1 Å². The zero-order valence-electron chi connectivity index (χ0n) is 28.5. The highest BCUT2D eigenvalue weighted by Gasteiger charge is 2.28. The Bertz CT molecular complexity index is 3330. The Kier molecular flexibility index (Phi) is 5.77. The first-order valence-electron chi connectivity index (χ1n) is 18.1. The third-order valence-corrected chi connectivity index (χ3v) is 11.2. The highest BCUT2D eigenvalue weighted by atomic mass is 16.3. The molecular weight excluding hydrogens is 649 g/mol. The number of aliphatic imine (C=N–C) groups is 1. The molecule has 1 N–H and O–H groups in total. The number of benzene rings is 8. The van der Waals surface area contributed by atoms with E-state index in [4.69, 9.17) is 9.41 Å². The fourth-order valence-electron chi connectivity index (χ4n) is 8.78. The molecule has 0 saturated heterocycles. The van der Waals surface area contributed by atoms with Gasteiger partial charge in [0.15, 0.2) is 0 Å². The summed E-state index contributed by atoms with van der Waals surface area (Å²) in [6, 6.07) is 60.5. The summed E-state index contributed by atoms with van der Waals surface area (Å²) < 4.78 is 11.3. The van der Waals surface area contributed by atoms with E-state index in [0.29, 0.717) is 0 Å². The number of hydrogen-bond acceptors (Lipinski definition) is 3. The van der Waals surface area contributed by atoms with Gasteiger partial charge in [0.1, 0.15) is 11.2 Å². The standard InChI is InChI=1S/C48H30N4O/c1-2-13-31(14-3-1)51-41-20-10-7-16-33(41)38-27-39-34-17-8-11-21-42(34)52(44(39)28-43(38)51)48-49-40-19-9-6-18-37(40)46(50-48)30-23-24-35-36-25-22-29-12-4-5-15-32(29)47(36)53-45(35)26-30/h1-28,46H,(H,49,50). The van der Waals surface area contributed by atoms with Crippen LogP contribution >= 0.6 is 0 Å². The number of nitrogens with zero attached hydrogens (tertiary/aromatic N) is 3. The zero-order chi connectivity index (χ0) is 34.6. The van der Waals surface area contributed by atoms with Crippen LogP contribution < -0.4 is 5.32 Å². The number of furan rings is 1. The van der Waals surface area contributed by atoms with Gasteiger partial charge in [-0.05, 0) is 65.5 Å². The maximum absolute atomic E-state index is 6.65. The third-order valence-electron chi connectivity index (χ3n) is 11.2. The summed E-state index contributed by atoms with van der Waals surface area (Å²) in [5, 5.41) is 13.3. The fraction of sp³-hybridized carbons (Fsp3) is 0.0208. The van der Waals surface area contributed by atoms with Crippen LogP contribution in [0.25, 0.3) is 82.0 Å². The second-order valence-electron chi connectivity index (χ2n) is 14.0. The highest BCUT2D eigenvalue weighted by Crippen LogP contribution is 2.41. The predicted octanol–water partition coefficient (Wildman–Crippen LogP) is 12.2. The molecule has 0 fully saturated rings. The van der Waals surface area contributed by atoms with Gasteiger partial charge in [0, 0.05) is 49.0 Å². The normalized spacial score (nSPS) is 14.5. The Morgan fingerprint density at radius 2 is 1.13 bits per heavy atom. The number of nitrogens with one attached hydrogen (secondary N) is 1. The van der Waals surface area contributed by atoms with Gasteiger partial charge in [-0.25, -0.2) is 4.99 Å². The van der Waals surface area contributed by atoms with E-state index in [9.17, 15) is 0 Å². The molecule has 0 spiro atoms. The summed E-state index contributed by atoms with van der Waals surface area (Å²) in [4.78, 5) is 5.34. The van der Waals surface area contributed by atoms with E-state index in [1.807, 2.05) is 0 Å². The van der Waals surface area contributed by atoms with Crippen molar-refractivity contribution < 1.29 is 4.42 Å². The highest BCUT2D eigenvalue weighted by molar-refractivity contribution is 6.21. The van der Waals surface area contributed by atoms with Crippen molar-refractivity contribution in [2.75, 3.05) is 0 Å². The van der Waals surface area contributed by atoms with Crippen LogP contribution in [0, 0.1) is 0 Å². The largest absolute Gasteiger partial charge is 0.455 e. The van der Waals surface area contributed by atoms with Crippen molar-refractivity contribution in [1.29, 1.82) is 0 Å². The van der Waals surface area contributed by atoms with Gasteiger partial charge in [-0.15, -0.1) is 0 Å². The molecule has 53 heavy (non-hydrogen) atoms. The molecular formula is C48H30N4O. The fourth-order valence-corrected chi connectivity index (χ4v) is 8.78. The number of hydrogen-bond donors (Lipinski definition) is 1. The first kappa shape index (κ1) is 28.6. The quantitative estimate of drug-likeness (QED) is 0.198. The molecule has 248 valence electrons. The van der Waals surface area contributed by atoms with Gasteiger partial charge in [-0.3, -0.25) is 4.57 Å². The Morgan fingerprint density at radius 3 is 1.96 bits per heavy atom. The molecule has 1 aliphatic rings. The molecule has 1 aliphatic heterocycles.